The van der Waals surface area contributed by atoms with Gasteiger partial charge >= 0.3 is 0 Å². The Hall–Kier alpha value is -1.18. The van der Waals surface area contributed by atoms with Gasteiger partial charge in [-0.25, -0.2) is 0 Å². The van der Waals surface area contributed by atoms with Gasteiger partial charge in [-0.3, -0.25) is 0 Å². The first kappa shape index (κ1) is 22.5. The molecule has 162 valence electrons. The summed E-state index contributed by atoms with van der Waals surface area (Å²) in [5.74, 6) is 3.05. The molecule has 2 aliphatic rings. The lowest BCUT2D eigenvalue weighted by atomic mass is 9.68. The van der Waals surface area contributed by atoms with Gasteiger partial charge in [0.25, 0.3) is 6.08 Å². The smallest absolute Gasteiger partial charge is 0.174 e. The zero-order chi connectivity index (χ0) is 21.1. The molecule has 1 aromatic rings. The lowest BCUT2D eigenvalue weighted by Crippen LogP contribution is -2.26. The molecule has 3 rings (SSSR count). The third-order valence-corrected chi connectivity index (χ3v) is 8.70. The molecule has 0 saturated heterocycles. The van der Waals surface area contributed by atoms with E-state index in [1.165, 1.54) is 72.8 Å². The first-order valence-electron chi connectivity index (χ1n) is 11.8. The monoisotopic (exact) mass is 402 g/mol. The van der Waals surface area contributed by atoms with E-state index in [0.717, 1.165) is 36.7 Å². The predicted octanol–water partition coefficient (Wildman–Crippen LogP) is 8.55. The second kappa shape index (κ2) is 9.75. The molecule has 0 radical (unpaired) electrons. The van der Waals surface area contributed by atoms with Crippen LogP contribution in [-0.2, 0) is 6.42 Å². The van der Waals surface area contributed by atoms with Gasteiger partial charge < -0.3 is 0 Å². The van der Waals surface area contributed by atoms with Crippen LogP contribution in [0.25, 0.3) is 0 Å². The van der Waals surface area contributed by atoms with Crippen molar-refractivity contribution in [1.29, 1.82) is 0 Å². The van der Waals surface area contributed by atoms with Crippen LogP contribution in [0.1, 0.15) is 91.2 Å². The van der Waals surface area contributed by atoms with E-state index in [-0.39, 0.29) is 0 Å². The van der Waals surface area contributed by atoms with Gasteiger partial charge in [0.15, 0.2) is 0 Å². The van der Waals surface area contributed by atoms with E-state index in [4.69, 9.17) is 0 Å². The minimum Gasteiger partial charge on any atom is -0.174 e. The quantitative estimate of drug-likeness (QED) is 0.463. The molecule has 0 N–H and O–H groups in total. The molecule has 2 fully saturated rings. The van der Waals surface area contributed by atoms with E-state index in [0.29, 0.717) is 12.3 Å². The molecule has 0 amide bonds. The van der Waals surface area contributed by atoms with Crippen LogP contribution in [0.5, 0.6) is 0 Å². The van der Waals surface area contributed by atoms with Crippen molar-refractivity contribution >= 4 is 0 Å². The fourth-order valence-electron chi connectivity index (χ4n) is 6.19. The van der Waals surface area contributed by atoms with E-state index < -0.39 is 6.08 Å². The summed E-state index contributed by atoms with van der Waals surface area (Å²) < 4.78 is 24.6. The van der Waals surface area contributed by atoms with E-state index >= 15 is 0 Å². The Morgan fingerprint density at radius 1 is 0.655 bits per heavy atom. The Morgan fingerprint density at radius 3 is 1.52 bits per heavy atom. The van der Waals surface area contributed by atoms with Crippen LogP contribution in [0.3, 0.4) is 0 Å². The van der Waals surface area contributed by atoms with Gasteiger partial charge in [-0.2, -0.15) is 8.78 Å². The van der Waals surface area contributed by atoms with Crippen LogP contribution in [0.2, 0.25) is 0 Å². The molecule has 2 aliphatic carbocycles. The number of allylic oxidation sites excluding steroid dienone is 1. The van der Waals surface area contributed by atoms with Gasteiger partial charge in [0.2, 0.25) is 0 Å². The first-order valence-corrected chi connectivity index (χ1v) is 11.8. The van der Waals surface area contributed by atoms with Crippen molar-refractivity contribution < 1.29 is 8.78 Å². The van der Waals surface area contributed by atoms with Gasteiger partial charge in [0.05, 0.1) is 0 Å². The molecule has 0 heterocycles. The van der Waals surface area contributed by atoms with Crippen molar-refractivity contribution in [1.82, 2.24) is 0 Å². The Morgan fingerprint density at radius 2 is 1.07 bits per heavy atom. The van der Waals surface area contributed by atoms with Crippen molar-refractivity contribution in [3.63, 3.8) is 0 Å². The van der Waals surface area contributed by atoms with Crippen LogP contribution in [0, 0.1) is 58.3 Å². The summed E-state index contributed by atoms with van der Waals surface area (Å²) in [5.41, 5.74) is 9.08. The van der Waals surface area contributed by atoms with E-state index in [9.17, 15) is 8.78 Å². The lowest BCUT2D eigenvalue weighted by Gasteiger charge is -2.38. The van der Waals surface area contributed by atoms with Crippen LogP contribution in [0.15, 0.2) is 12.2 Å². The largest absolute Gasteiger partial charge is 0.266 e. The number of hydrogen-bond donors (Lipinski definition) is 0. The molecule has 1 aromatic carbocycles. The minimum atomic E-state index is -1.50. The molecule has 29 heavy (non-hydrogen) atoms. The summed E-state index contributed by atoms with van der Waals surface area (Å²) in [7, 11) is 0. The second-order valence-electron chi connectivity index (χ2n) is 10.1. The highest BCUT2D eigenvalue weighted by Gasteiger charge is 2.31. The number of halogens is 2. The molecule has 0 nitrogen and oxygen atoms in total. The highest BCUT2D eigenvalue weighted by atomic mass is 19.3. The molecular formula is C27H40F2. The fraction of sp³-hybridized carbons (Fsp3) is 0.704. The molecule has 2 saturated carbocycles. The Balaban J connectivity index is 1.51. The molecule has 2 heteroatoms. The number of rotatable bonds is 5. The Kier molecular flexibility index (Phi) is 7.57. The van der Waals surface area contributed by atoms with E-state index in [2.05, 4.69) is 34.6 Å². The SMILES string of the molecule is Cc1c(C)c(C)c(CC2CCC(C3CCC(CC=C(F)F)CC3)CC2)c(C)c1C. The van der Waals surface area contributed by atoms with Crippen molar-refractivity contribution in [2.75, 3.05) is 0 Å². The fourth-order valence-corrected chi connectivity index (χ4v) is 6.19. The minimum absolute atomic E-state index is 0.489. The molecule has 0 atom stereocenters. The summed E-state index contributed by atoms with van der Waals surface area (Å²) in [6, 6.07) is 0. The van der Waals surface area contributed by atoms with Gasteiger partial charge in [0.1, 0.15) is 0 Å². The third kappa shape index (κ3) is 5.30. The summed E-state index contributed by atoms with van der Waals surface area (Å²) >= 11 is 0. The standard InChI is InChI=1S/C27H40F2/c1-17-18(2)20(4)26(21(5)19(17)3)16-23-8-13-25(14-9-23)24-11-6-22(7-12-24)10-15-27(28)29/h15,22-25H,6-14,16H2,1-5H3. The van der Waals surface area contributed by atoms with Crippen LogP contribution >= 0.6 is 0 Å². The average molecular weight is 403 g/mol. The Labute approximate surface area is 177 Å². The third-order valence-electron chi connectivity index (χ3n) is 8.70. The van der Waals surface area contributed by atoms with Crippen molar-refractivity contribution in [3.8, 4) is 0 Å². The maximum absolute atomic E-state index is 12.3. The molecule has 0 unspecified atom stereocenters. The van der Waals surface area contributed by atoms with Gasteiger partial charge in [-0.15, -0.1) is 0 Å². The highest BCUT2D eigenvalue weighted by Crippen LogP contribution is 2.43. The Bertz CT molecular complexity index is 696. The van der Waals surface area contributed by atoms with Crippen LogP contribution in [0.4, 0.5) is 8.78 Å². The van der Waals surface area contributed by atoms with E-state index in [1.54, 1.807) is 5.56 Å². The molecule has 0 spiro atoms. The zero-order valence-corrected chi connectivity index (χ0v) is 19.2. The maximum Gasteiger partial charge on any atom is 0.266 e. The second-order valence-corrected chi connectivity index (χ2v) is 10.1. The highest BCUT2D eigenvalue weighted by molar-refractivity contribution is 5.49. The van der Waals surface area contributed by atoms with Crippen LogP contribution in [-0.4, -0.2) is 0 Å². The molecule has 0 aromatic heterocycles. The predicted molar refractivity (Wildman–Crippen MR) is 120 cm³/mol. The summed E-state index contributed by atoms with van der Waals surface area (Å²) in [5, 5.41) is 0. The topological polar surface area (TPSA) is 0 Å². The molecular weight excluding hydrogens is 362 g/mol. The zero-order valence-electron chi connectivity index (χ0n) is 19.2. The maximum atomic E-state index is 12.3. The van der Waals surface area contributed by atoms with Crippen molar-refractivity contribution in [3.05, 3.63) is 45.5 Å². The van der Waals surface area contributed by atoms with Gasteiger partial charge in [0, 0.05) is 0 Å². The van der Waals surface area contributed by atoms with Crippen molar-refractivity contribution in [2.45, 2.75) is 98.8 Å². The summed E-state index contributed by atoms with van der Waals surface area (Å²) in [6.07, 6.45) is 11.8. The normalized spacial score (nSPS) is 27.7. The average Bonchev–Trinajstić information content (AvgIpc) is 2.73. The number of benzene rings is 1. The number of hydrogen-bond acceptors (Lipinski definition) is 0. The molecule has 0 bridgehead atoms. The van der Waals surface area contributed by atoms with Crippen molar-refractivity contribution in [2.24, 2.45) is 23.7 Å². The lowest BCUT2D eigenvalue weighted by molar-refractivity contribution is 0.146. The summed E-state index contributed by atoms with van der Waals surface area (Å²) in [6.45, 7) is 11.5. The van der Waals surface area contributed by atoms with Gasteiger partial charge in [-0.1, -0.05) is 0 Å². The van der Waals surface area contributed by atoms with Crippen LogP contribution < -0.4 is 0 Å². The summed E-state index contributed by atoms with van der Waals surface area (Å²) in [4.78, 5) is 0. The van der Waals surface area contributed by atoms with E-state index in [1.807, 2.05) is 0 Å². The first-order chi connectivity index (χ1) is 13.8. The van der Waals surface area contributed by atoms with Gasteiger partial charge in [-0.05, 0) is 162 Å². The molecule has 0 aliphatic heterocycles.